The standard InChI is InChI=1S/C17H27N3O/c1-17(8-11-20(12-9-17)13-10-18)16(21)19(2)14-15-6-4-3-5-7-15/h3-7H,8-14,18H2,1-2H3. The Morgan fingerprint density at radius 3 is 2.48 bits per heavy atom. The van der Waals surface area contributed by atoms with Crippen LogP contribution in [-0.4, -0.2) is 48.9 Å². The van der Waals surface area contributed by atoms with Gasteiger partial charge in [0.15, 0.2) is 0 Å². The first kappa shape index (κ1) is 16.0. The number of amides is 1. The molecule has 1 saturated heterocycles. The van der Waals surface area contributed by atoms with Crippen molar-refractivity contribution in [3.05, 3.63) is 35.9 Å². The number of hydrogen-bond donors (Lipinski definition) is 1. The third kappa shape index (κ3) is 4.05. The monoisotopic (exact) mass is 289 g/mol. The summed E-state index contributed by atoms with van der Waals surface area (Å²) in [5.41, 5.74) is 6.55. The first-order valence-corrected chi connectivity index (χ1v) is 7.77. The lowest BCUT2D eigenvalue weighted by atomic mass is 9.79. The fraction of sp³-hybridized carbons (Fsp3) is 0.588. The predicted molar refractivity (Wildman–Crippen MR) is 85.8 cm³/mol. The number of nitrogens with two attached hydrogens (primary N) is 1. The summed E-state index contributed by atoms with van der Waals surface area (Å²) in [4.78, 5) is 17.0. The molecule has 0 aliphatic carbocycles. The molecule has 0 radical (unpaired) electrons. The van der Waals surface area contributed by atoms with Crippen molar-refractivity contribution < 1.29 is 4.79 Å². The summed E-state index contributed by atoms with van der Waals surface area (Å²) in [6.07, 6.45) is 1.84. The van der Waals surface area contributed by atoms with E-state index in [2.05, 4.69) is 24.0 Å². The molecule has 1 amide bonds. The van der Waals surface area contributed by atoms with Gasteiger partial charge in [-0.1, -0.05) is 37.3 Å². The minimum absolute atomic E-state index is 0.228. The van der Waals surface area contributed by atoms with E-state index in [1.165, 1.54) is 5.56 Å². The number of likely N-dealkylation sites (tertiary alicyclic amines) is 1. The van der Waals surface area contributed by atoms with Crippen LogP contribution in [0, 0.1) is 5.41 Å². The fourth-order valence-electron chi connectivity index (χ4n) is 3.06. The molecule has 116 valence electrons. The zero-order valence-corrected chi connectivity index (χ0v) is 13.2. The fourth-order valence-corrected chi connectivity index (χ4v) is 3.06. The third-order valence-electron chi connectivity index (χ3n) is 4.53. The van der Waals surface area contributed by atoms with E-state index in [0.717, 1.165) is 32.5 Å². The van der Waals surface area contributed by atoms with Crippen LogP contribution in [0.5, 0.6) is 0 Å². The maximum Gasteiger partial charge on any atom is 0.228 e. The Morgan fingerprint density at radius 2 is 1.90 bits per heavy atom. The molecule has 1 heterocycles. The number of nitrogens with zero attached hydrogens (tertiary/aromatic N) is 2. The molecular formula is C17H27N3O. The normalized spacial score (nSPS) is 18.4. The summed E-state index contributed by atoms with van der Waals surface area (Å²) in [5, 5.41) is 0. The van der Waals surface area contributed by atoms with Crippen LogP contribution >= 0.6 is 0 Å². The second kappa shape index (κ2) is 7.05. The Labute approximate surface area is 127 Å². The van der Waals surface area contributed by atoms with Gasteiger partial charge in [-0.3, -0.25) is 4.79 Å². The first-order chi connectivity index (χ1) is 10.0. The second-order valence-electron chi connectivity index (χ2n) is 6.34. The molecule has 0 unspecified atom stereocenters. The van der Waals surface area contributed by atoms with E-state index in [4.69, 9.17) is 5.73 Å². The van der Waals surface area contributed by atoms with Crippen LogP contribution in [0.3, 0.4) is 0 Å². The van der Waals surface area contributed by atoms with Gasteiger partial charge in [-0.15, -0.1) is 0 Å². The quantitative estimate of drug-likeness (QED) is 0.897. The molecule has 2 rings (SSSR count). The van der Waals surface area contributed by atoms with E-state index in [0.29, 0.717) is 13.1 Å². The second-order valence-corrected chi connectivity index (χ2v) is 6.34. The molecule has 1 aromatic carbocycles. The summed E-state index contributed by atoms with van der Waals surface area (Å²) < 4.78 is 0. The predicted octanol–water partition coefficient (Wildman–Crippen LogP) is 1.71. The maximum absolute atomic E-state index is 12.8. The Bertz CT molecular complexity index is 452. The number of carbonyl (C=O) groups excluding carboxylic acids is 1. The summed E-state index contributed by atoms with van der Waals surface area (Å²) in [7, 11) is 1.91. The topological polar surface area (TPSA) is 49.6 Å². The zero-order valence-electron chi connectivity index (χ0n) is 13.2. The van der Waals surface area contributed by atoms with Crippen molar-refractivity contribution in [2.45, 2.75) is 26.3 Å². The molecule has 4 heteroatoms. The van der Waals surface area contributed by atoms with E-state index < -0.39 is 0 Å². The molecule has 2 N–H and O–H groups in total. The lowest BCUT2D eigenvalue weighted by Gasteiger charge is -2.40. The van der Waals surface area contributed by atoms with E-state index in [1.54, 1.807) is 0 Å². The van der Waals surface area contributed by atoms with Gasteiger partial charge in [0.05, 0.1) is 0 Å². The van der Waals surface area contributed by atoms with Crippen LogP contribution in [-0.2, 0) is 11.3 Å². The van der Waals surface area contributed by atoms with Crippen molar-refractivity contribution in [2.75, 3.05) is 33.2 Å². The Morgan fingerprint density at radius 1 is 1.29 bits per heavy atom. The molecule has 4 nitrogen and oxygen atoms in total. The summed E-state index contributed by atoms with van der Waals surface area (Å²) in [6, 6.07) is 10.2. The summed E-state index contributed by atoms with van der Waals surface area (Å²) in [5.74, 6) is 0.263. The molecule has 21 heavy (non-hydrogen) atoms. The Hall–Kier alpha value is -1.39. The largest absolute Gasteiger partial charge is 0.341 e. The first-order valence-electron chi connectivity index (χ1n) is 7.77. The average Bonchev–Trinajstić information content (AvgIpc) is 2.50. The van der Waals surface area contributed by atoms with Crippen molar-refractivity contribution in [1.29, 1.82) is 0 Å². The summed E-state index contributed by atoms with van der Waals surface area (Å²) >= 11 is 0. The van der Waals surface area contributed by atoms with Gasteiger partial charge in [0.25, 0.3) is 0 Å². The van der Waals surface area contributed by atoms with E-state index in [1.807, 2.05) is 30.1 Å². The number of piperidine rings is 1. The van der Waals surface area contributed by atoms with Crippen LogP contribution < -0.4 is 5.73 Å². The molecule has 1 aromatic rings. The highest BCUT2D eigenvalue weighted by molar-refractivity contribution is 5.82. The Balaban J connectivity index is 1.93. The van der Waals surface area contributed by atoms with Crippen LogP contribution in [0.4, 0.5) is 0 Å². The lowest BCUT2D eigenvalue weighted by Crippen LogP contribution is -2.48. The van der Waals surface area contributed by atoms with E-state index in [9.17, 15) is 4.79 Å². The van der Waals surface area contributed by atoms with Crippen molar-refractivity contribution in [2.24, 2.45) is 11.1 Å². The molecule has 0 bridgehead atoms. The van der Waals surface area contributed by atoms with Crippen molar-refractivity contribution in [3.8, 4) is 0 Å². The zero-order chi connectivity index (χ0) is 15.3. The number of carbonyl (C=O) groups is 1. The number of rotatable bonds is 5. The molecular weight excluding hydrogens is 262 g/mol. The maximum atomic E-state index is 12.8. The lowest BCUT2D eigenvalue weighted by molar-refractivity contribution is -0.143. The third-order valence-corrected chi connectivity index (χ3v) is 4.53. The highest BCUT2D eigenvalue weighted by atomic mass is 16.2. The van der Waals surface area contributed by atoms with Gasteiger partial charge in [-0.2, -0.15) is 0 Å². The van der Waals surface area contributed by atoms with Gasteiger partial charge < -0.3 is 15.5 Å². The van der Waals surface area contributed by atoms with Crippen LogP contribution in [0.2, 0.25) is 0 Å². The van der Waals surface area contributed by atoms with Crippen LogP contribution in [0.1, 0.15) is 25.3 Å². The minimum Gasteiger partial charge on any atom is -0.341 e. The van der Waals surface area contributed by atoms with E-state index >= 15 is 0 Å². The Kier molecular flexibility index (Phi) is 5.37. The highest BCUT2D eigenvalue weighted by Crippen LogP contribution is 2.33. The van der Waals surface area contributed by atoms with Crippen molar-refractivity contribution in [3.63, 3.8) is 0 Å². The highest BCUT2D eigenvalue weighted by Gasteiger charge is 2.38. The van der Waals surface area contributed by atoms with E-state index in [-0.39, 0.29) is 11.3 Å². The van der Waals surface area contributed by atoms with Gasteiger partial charge in [-0.25, -0.2) is 0 Å². The smallest absolute Gasteiger partial charge is 0.228 e. The van der Waals surface area contributed by atoms with Gasteiger partial charge >= 0.3 is 0 Å². The number of benzene rings is 1. The van der Waals surface area contributed by atoms with Crippen LogP contribution in [0.15, 0.2) is 30.3 Å². The molecule has 0 saturated carbocycles. The van der Waals surface area contributed by atoms with Gasteiger partial charge in [0.1, 0.15) is 0 Å². The molecule has 1 aliphatic rings. The SMILES string of the molecule is CN(Cc1ccccc1)C(=O)C1(C)CCN(CCN)CC1. The number of hydrogen-bond acceptors (Lipinski definition) is 3. The average molecular weight is 289 g/mol. The van der Waals surface area contributed by atoms with Crippen LogP contribution in [0.25, 0.3) is 0 Å². The molecule has 1 fully saturated rings. The van der Waals surface area contributed by atoms with Crippen molar-refractivity contribution >= 4 is 5.91 Å². The summed E-state index contributed by atoms with van der Waals surface area (Å²) in [6.45, 7) is 6.36. The molecule has 0 spiro atoms. The molecule has 0 atom stereocenters. The van der Waals surface area contributed by atoms with Gasteiger partial charge in [-0.05, 0) is 31.5 Å². The molecule has 0 aromatic heterocycles. The molecule has 1 aliphatic heterocycles. The van der Waals surface area contributed by atoms with Crippen molar-refractivity contribution in [1.82, 2.24) is 9.80 Å². The minimum atomic E-state index is -0.228. The van der Waals surface area contributed by atoms with Gasteiger partial charge in [0, 0.05) is 32.1 Å². The van der Waals surface area contributed by atoms with Gasteiger partial charge in [0.2, 0.25) is 5.91 Å².